The van der Waals surface area contributed by atoms with Crippen molar-refractivity contribution in [3.63, 3.8) is 0 Å². The Kier molecular flexibility index (Phi) is 7.39. The fourth-order valence-electron chi connectivity index (χ4n) is 3.55. The summed E-state index contributed by atoms with van der Waals surface area (Å²) in [5, 5.41) is 8.37. The summed E-state index contributed by atoms with van der Waals surface area (Å²) in [7, 11) is 0. The summed E-state index contributed by atoms with van der Waals surface area (Å²) in [6, 6.07) is 23.9. The first-order valence-corrected chi connectivity index (χ1v) is 11.1. The van der Waals surface area contributed by atoms with E-state index in [-0.39, 0.29) is 30.8 Å². The number of benzene rings is 3. The molecule has 0 radical (unpaired) electrons. The lowest BCUT2D eigenvalue weighted by atomic mass is 10.2. The van der Waals surface area contributed by atoms with Crippen molar-refractivity contribution in [2.45, 2.75) is 19.4 Å². The van der Waals surface area contributed by atoms with Gasteiger partial charge in [-0.25, -0.2) is 4.79 Å². The molecule has 4 rings (SSSR count). The summed E-state index contributed by atoms with van der Waals surface area (Å²) < 4.78 is 5.75. The van der Waals surface area contributed by atoms with E-state index in [1.165, 1.54) is 4.90 Å². The third kappa shape index (κ3) is 6.13. The van der Waals surface area contributed by atoms with E-state index in [0.717, 1.165) is 11.3 Å². The number of amides is 4. The zero-order valence-electron chi connectivity index (χ0n) is 18.6. The first-order chi connectivity index (χ1) is 16.6. The van der Waals surface area contributed by atoms with Crippen molar-refractivity contribution in [3.8, 4) is 5.75 Å². The molecule has 3 aromatic rings. The molecule has 0 bridgehead atoms. The number of nitrogens with zero attached hydrogens (tertiary/aromatic N) is 1. The molecule has 0 saturated heterocycles. The van der Waals surface area contributed by atoms with Gasteiger partial charge in [-0.15, -0.1) is 0 Å². The van der Waals surface area contributed by atoms with Crippen LogP contribution < -0.4 is 25.6 Å². The van der Waals surface area contributed by atoms with Crippen LogP contribution in [0.3, 0.4) is 0 Å². The Morgan fingerprint density at radius 3 is 2.47 bits per heavy atom. The topological polar surface area (TPSA) is 99.8 Å². The van der Waals surface area contributed by atoms with E-state index < -0.39 is 0 Å². The van der Waals surface area contributed by atoms with Crippen molar-refractivity contribution < 1.29 is 19.1 Å². The minimum Gasteiger partial charge on any atom is -0.489 e. The van der Waals surface area contributed by atoms with E-state index >= 15 is 0 Å². The van der Waals surface area contributed by atoms with Crippen LogP contribution in [0.4, 0.5) is 21.9 Å². The van der Waals surface area contributed by atoms with Gasteiger partial charge < -0.3 is 20.7 Å². The molecule has 1 heterocycles. The molecular formula is C26H26N4O4. The van der Waals surface area contributed by atoms with Crippen LogP contribution >= 0.6 is 0 Å². The van der Waals surface area contributed by atoms with Crippen molar-refractivity contribution in [2.75, 3.05) is 28.6 Å². The Morgan fingerprint density at radius 2 is 1.68 bits per heavy atom. The van der Waals surface area contributed by atoms with Gasteiger partial charge in [-0.1, -0.05) is 42.5 Å². The maximum absolute atomic E-state index is 12.5. The molecule has 0 fully saturated rings. The predicted molar refractivity (Wildman–Crippen MR) is 131 cm³/mol. The van der Waals surface area contributed by atoms with Crippen LogP contribution in [0.25, 0.3) is 0 Å². The standard InChI is InChI=1S/C26H26N4O4/c31-24(28-20-12-14-21(15-13-20)34-18-19-7-2-1-3-8-19)11-6-16-27-26(33)30-17-25(32)29-22-9-4-5-10-23(22)30/h1-5,7-10,12-15H,6,11,16-18H2,(H,27,33)(H,28,31)(H,29,32). The molecule has 1 aliphatic rings. The number of hydrogen-bond acceptors (Lipinski definition) is 4. The van der Waals surface area contributed by atoms with Crippen molar-refractivity contribution in [2.24, 2.45) is 0 Å². The van der Waals surface area contributed by atoms with Gasteiger partial charge in [0.1, 0.15) is 18.9 Å². The Labute approximate surface area is 197 Å². The van der Waals surface area contributed by atoms with Gasteiger partial charge in [-0.2, -0.15) is 0 Å². The Hall–Kier alpha value is -4.33. The molecule has 4 amide bonds. The third-order valence-electron chi connectivity index (χ3n) is 5.26. The first kappa shape index (κ1) is 22.8. The quantitative estimate of drug-likeness (QED) is 0.442. The molecular weight excluding hydrogens is 432 g/mol. The van der Waals surface area contributed by atoms with Crippen molar-refractivity contribution in [3.05, 3.63) is 84.4 Å². The number of para-hydroxylation sites is 2. The lowest BCUT2D eigenvalue weighted by Crippen LogP contribution is -2.47. The fourth-order valence-corrected chi connectivity index (χ4v) is 3.55. The van der Waals surface area contributed by atoms with Crippen LogP contribution in [0.2, 0.25) is 0 Å². The molecule has 34 heavy (non-hydrogen) atoms. The highest BCUT2D eigenvalue weighted by Gasteiger charge is 2.26. The monoisotopic (exact) mass is 458 g/mol. The molecule has 3 N–H and O–H groups in total. The number of urea groups is 1. The number of hydrogen-bond donors (Lipinski definition) is 3. The van der Waals surface area contributed by atoms with E-state index in [9.17, 15) is 14.4 Å². The molecule has 3 aromatic carbocycles. The van der Waals surface area contributed by atoms with Crippen LogP contribution in [0.5, 0.6) is 5.75 Å². The highest BCUT2D eigenvalue weighted by molar-refractivity contribution is 6.09. The van der Waals surface area contributed by atoms with E-state index in [1.807, 2.05) is 48.5 Å². The number of carbonyl (C=O) groups is 3. The van der Waals surface area contributed by atoms with Crippen molar-refractivity contribution in [1.82, 2.24) is 5.32 Å². The molecule has 0 spiro atoms. The van der Waals surface area contributed by atoms with Crippen LogP contribution in [-0.2, 0) is 16.2 Å². The number of anilines is 3. The normalized spacial score (nSPS) is 12.4. The van der Waals surface area contributed by atoms with Gasteiger partial charge in [0.25, 0.3) is 0 Å². The van der Waals surface area contributed by atoms with Gasteiger partial charge in [-0.05, 0) is 48.4 Å². The summed E-state index contributed by atoms with van der Waals surface area (Å²) in [5.74, 6) is 0.331. The fraction of sp³-hybridized carbons (Fsp3) is 0.192. The molecule has 8 nitrogen and oxygen atoms in total. The van der Waals surface area contributed by atoms with Crippen molar-refractivity contribution in [1.29, 1.82) is 0 Å². The molecule has 0 aliphatic carbocycles. The van der Waals surface area contributed by atoms with Crippen LogP contribution in [0.1, 0.15) is 18.4 Å². The van der Waals surface area contributed by atoms with Crippen LogP contribution in [0.15, 0.2) is 78.9 Å². The smallest absolute Gasteiger partial charge is 0.322 e. The van der Waals surface area contributed by atoms with Gasteiger partial charge in [0.15, 0.2) is 0 Å². The largest absolute Gasteiger partial charge is 0.489 e. The molecule has 0 aromatic heterocycles. The minimum absolute atomic E-state index is 0.0472. The van der Waals surface area contributed by atoms with Crippen LogP contribution in [0, 0.1) is 0 Å². The summed E-state index contributed by atoms with van der Waals surface area (Å²) in [6.45, 7) is 0.749. The maximum atomic E-state index is 12.5. The zero-order valence-corrected chi connectivity index (χ0v) is 18.6. The third-order valence-corrected chi connectivity index (χ3v) is 5.26. The molecule has 174 valence electrons. The summed E-state index contributed by atoms with van der Waals surface area (Å²) in [5.41, 5.74) is 3.01. The zero-order chi connectivity index (χ0) is 23.8. The van der Waals surface area contributed by atoms with Gasteiger partial charge in [0.2, 0.25) is 11.8 Å². The molecule has 8 heteroatoms. The maximum Gasteiger partial charge on any atom is 0.322 e. The average molecular weight is 459 g/mol. The predicted octanol–water partition coefficient (Wildman–Crippen LogP) is 4.15. The Balaban J connectivity index is 1.18. The van der Waals surface area contributed by atoms with E-state index in [0.29, 0.717) is 36.6 Å². The number of fused-ring (bicyclic) bond motifs is 1. The Morgan fingerprint density at radius 1 is 0.941 bits per heavy atom. The van der Waals surface area contributed by atoms with Gasteiger partial charge in [0.05, 0.1) is 11.4 Å². The second-order valence-corrected chi connectivity index (χ2v) is 7.83. The molecule has 1 aliphatic heterocycles. The highest BCUT2D eigenvalue weighted by atomic mass is 16.5. The second kappa shape index (κ2) is 11.0. The number of ether oxygens (including phenoxy) is 1. The van der Waals surface area contributed by atoms with E-state index in [4.69, 9.17) is 4.74 Å². The summed E-state index contributed by atoms with van der Waals surface area (Å²) in [4.78, 5) is 38.0. The van der Waals surface area contributed by atoms with E-state index in [2.05, 4.69) is 16.0 Å². The Bertz CT molecular complexity index is 1150. The van der Waals surface area contributed by atoms with Crippen LogP contribution in [-0.4, -0.2) is 30.9 Å². The SMILES string of the molecule is O=C(CCCNC(=O)N1CC(=O)Nc2ccccc21)Nc1ccc(OCc2ccccc2)cc1. The van der Waals surface area contributed by atoms with Crippen molar-refractivity contribution >= 4 is 34.9 Å². The first-order valence-electron chi connectivity index (χ1n) is 11.1. The highest BCUT2D eigenvalue weighted by Crippen LogP contribution is 2.28. The number of nitrogens with one attached hydrogen (secondary N) is 3. The second-order valence-electron chi connectivity index (χ2n) is 7.83. The lowest BCUT2D eigenvalue weighted by molar-refractivity contribution is -0.116. The number of carbonyl (C=O) groups excluding carboxylic acids is 3. The average Bonchev–Trinajstić information content (AvgIpc) is 2.86. The molecule has 0 atom stereocenters. The lowest BCUT2D eigenvalue weighted by Gasteiger charge is -2.29. The summed E-state index contributed by atoms with van der Waals surface area (Å²) >= 11 is 0. The number of rotatable bonds is 8. The van der Waals surface area contributed by atoms with Gasteiger partial charge in [-0.3, -0.25) is 14.5 Å². The summed E-state index contributed by atoms with van der Waals surface area (Å²) in [6.07, 6.45) is 0.723. The van der Waals surface area contributed by atoms with Gasteiger partial charge >= 0.3 is 6.03 Å². The minimum atomic E-state index is -0.367. The van der Waals surface area contributed by atoms with E-state index in [1.54, 1.807) is 30.3 Å². The molecule has 0 saturated carbocycles. The molecule has 0 unspecified atom stereocenters. The van der Waals surface area contributed by atoms with Gasteiger partial charge in [0, 0.05) is 18.7 Å².